The molecule has 0 amide bonds. The number of thiazole rings is 1. The molecule has 96 valence electrons. The Labute approximate surface area is 116 Å². The van der Waals surface area contributed by atoms with E-state index in [1.165, 1.54) is 4.88 Å². The van der Waals surface area contributed by atoms with Crippen molar-refractivity contribution in [1.29, 1.82) is 0 Å². The number of anilines is 2. The molecular formula is C13H16ClN3S. The smallest absolute Gasteiger partial charge is 0.0798 e. The zero-order valence-corrected chi connectivity index (χ0v) is 12.3. The molecule has 1 aromatic heterocycles. The third-order valence-electron chi connectivity index (χ3n) is 2.72. The Morgan fingerprint density at radius 2 is 2.17 bits per heavy atom. The lowest BCUT2D eigenvalue weighted by atomic mass is 10.2. The Hall–Kier alpha value is -1.26. The highest BCUT2D eigenvalue weighted by molar-refractivity contribution is 7.09. The Morgan fingerprint density at radius 1 is 1.39 bits per heavy atom. The molecule has 1 heterocycles. The molecule has 0 unspecified atom stereocenters. The second-order valence-corrected chi connectivity index (χ2v) is 5.59. The maximum Gasteiger partial charge on any atom is 0.0798 e. The van der Waals surface area contributed by atoms with Gasteiger partial charge in [-0.15, -0.1) is 11.3 Å². The van der Waals surface area contributed by atoms with Gasteiger partial charge in [0.15, 0.2) is 0 Å². The van der Waals surface area contributed by atoms with Crippen molar-refractivity contribution in [3.05, 3.63) is 39.3 Å². The van der Waals surface area contributed by atoms with Crippen LogP contribution in [-0.4, -0.2) is 19.1 Å². The summed E-state index contributed by atoms with van der Waals surface area (Å²) in [6.45, 7) is 2.80. The van der Waals surface area contributed by atoms with Crippen molar-refractivity contribution in [1.82, 2.24) is 4.98 Å². The summed E-state index contributed by atoms with van der Waals surface area (Å²) < 4.78 is 0. The Kier molecular flexibility index (Phi) is 4.09. The molecule has 0 atom stereocenters. The van der Waals surface area contributed by atoms with Crippen molar-refractivity contribution in [2.45, 2.75) is 13.5 Å². The van der Waals surface area contributed by atoms with E-state index in [1.807, 2.05) is 49.6 Å². The number of hydrogen-bond acceptors (Lipinski definition) is 4. The molecule has 0 radical (unpaired) electrons. The molecule has 0 aliphatic rings. The van der Waals surface area contributed by atoms with Crippen LogP contribution in [0.1, 0.15) is 10.6 Å². The zero-order chi connectivity index (χ0) is 13.1. The normalized spacial score (nSPS) is 10.4. The number of hydrogen-bond donors (Lipinski definition) is 1. The fourth-order valence-electron chi connectivity index (χ4n) is 1.78. The summed E-state index contributed by atoms with van der Waals surface area (Å²) >= 11 is 7.89. The third kappa shape index (κ3) is 2.76. The fourth-order valence-corrected chi connectivity index (χ4v) is 2.84. The first-order chi connectivity index (χ1) is 8.59. The second kappa shape index (κ2) is 5.59. The van der Waals surface area contributed by atoms with Crippen LogP contribution in [0, 0.1) is 6.92 Å². The number of rotatable bonds is 4. The molecule has 0 saturated carbocycles. The second-order valence-electron chi connectivity index (χ2n) is 4.24. The van der Waals surface area contributed by atoms with Gasteiger partial charge in [-0.2, -0.15) is 0 Å². The number of aromatic nitrogens is 1. The van der Waals surface area contributed by atoms with Gasteiger partial charge in [0.2, 0.25) is 0 Å². The first kappa shape index (κ1) is 13.2. The van der Waals surface area contributed by atoms with Crippen LogP contribution in [-0.2, 0) is 6.54 Å². The summed E-state index contributed by atoms with van der Waals surface area (Å²) in [6.07, 6.45) is 0. The van der Waals surface area contributed by atoms with E-state index in [1.54, 1.807) is 11.3 Å². The van der Waals surface area contributed by atoms with Crippen LogP contribution < -0.4 is 10.2 Å². The van der Waals surface area contributed by atoms with Crippen molar-refractivity contribution >= 4 is 34.3 Å². The van der Waals surface area contributed by atoms with Gasteiger partial charge in [-0.3, -0.25) is 0 Å². The van der Waals surface area contributed by atoms with Crippen LogP contribution in [0.25, 0.3) is 0 Å². The van der Waals surface area contributed by atoms with Crippen LogP contribution in [0.5, 0.6) is 0 Å². The minimum Gasteiger partial charge on any atom is -0.378 e. The van der Waals surface area contributed by atoms with E-state index >= 15 is 0 Å². The quantitative estimate of drug-likeness (QED) is 0.924. The van der Waals surface area contributed by atoms with Crippen LogP contribution in [0.15, 0.2) is 23.7 Å². The first-order valence-corrected chi connectivity index (χ1v) is 6.94. The number of benzene rings is 1. The molecule has 0 bridgehead atoms. The fraction of sp³-hybridized carbons (Fsp3) is 0.308. The molecule has 0 aliphatic carbocycles. The lowest BCUT2D eigenvalue weighted by molar-refractivity contribution is 1.09. The summed E-state index contributed by atoms with van der Waals surface area (Å²) in [5.41, 5.74) is 5.01. The predicted octanol–water partition coefficient (Wildman–Crippen LogP) is 3.78. The molecular weight excluding hydrogens is 266 g/mol. The first-order valence-electron chi connectivity index (χ1n) is 5.68. The average molecular weight is 282 g/mol. The van der Waals surface area contributed by atoms with Crippen LogP contribution in [0.2, 0.25) is 5.02 Å². The van der Waals surface area contributed by atoms with E-state index in [9.17, 15) is 0 Å². The van der Waals surface area contributed by atoms with Crippen molar-refractivity contribution < 1.29 is 0 Å². The van der Waals surface area contributed by atoms with Crippen LogP contribution >= 0.6 is 22.9 Å². The van der Waals surface area contributed by atoms with E-state index in [-0.39, 0.29) is 0 Å². The molecule has 0 aliphatic heterocycles. The van der Waals surface area contributed by atoms with Gasteiger partial charge < -0.3 is 10.2 Å². The monoisotopic (exact) mass is 281 g/mol. The highest BCUT2D eigenvalue weighted by atomic mass is 35.5. The Balaban J connectivity index is 2.19. The molecule has 2 rings (SSSR count). The topological polar surface area (TPSA) is 28.2 Å². The van der Waals surface area contributed by atoms with Gasteiger partial charge in [-0.25, -0.2) is 4.98 Å². The summed E-state index contributed by atoms with van der Waals surface area (Å²) in [4.78, 5) is 7.51. The molecule has 0 saturated heterocycles. The molecule has 3 nitrogen and oxygen atoms in total. The number of nitrogens with one attached hydrogen (secondary N) is 1. The summed E-state index contributed by atoms with van der Waals surface area (Å²) in [7, 11) is 3.98. The van der Waals surface area contributed by atoms with Gasteiger partial charge in [-0.1, -0.05) is 17.7 Å². The largest absolute Gasteiger partial charge is 0.378 e. The van der Waals surface area contributed by atoms with Crippen LogP contribution in [0.3, 0.4) is 0 Å². The van der Waals surface area contributed by atoms with Gasteiger partial charge in [-0.05, 0) is 19.1 Å². The lowest BCUT2D eigenvalue weighted by Gasteiger charge is -2.19. The van der Waals surface area contributed by atoms with Crippen molar-refractivity contribution in [2.75, 3.05) is 24.3 Å². The lowest BCUT2D eigenvalue weighted by Crippen LogP contribution is -2.12. The highest BCUT2D eigenvalue weighted by Crippen LogP contribution is 2.32. The molecule has 0 fully saturated rings. The zero-order valence-electron chi connectivity index (χ0n) is 10.7. The van der Waals surface area contributed by atoms with Gasteiger partial charge in [0.1, 0.15) is 0 Å². The number of aryl methyl sites for hydroxylation is 1. The third-order valence-corrected chi connectivity index (χ3v) is 3.96. The van der Waals surface area contributed by atoms with E-state index in [0.717, 1.165) is 28.6 Å². The number of para-hydroxylation sites is 1. The molecule has 1 aromatic carbocycles. The van der Waals surface area contributed by atoms with Crippen molar-refractivity contribution in [3.8, 4) is 0 Å². The molecule has 5 heteroatoms. The predicted molar refractivity (Wildman–Crippen MR) is 80.0 cm³/mol. The van der Waals surface area contributed by atoms with Gasteiger partial charge in [0.25, 0.3) is 0 Å². The molecule has 2 aromatic rings. The Bertz CT molecular complexity index is 537. The summed E-state index contributed by atoms with van der Waals surface area (Å²) in [6, 6.07) is 5.90. The van der Waals surface area contributed by atoms with Gasteiger partial charge in [0, 0.05) is 19.0 Å². The minimum absolute atomic E-state index is 0.756. The number of halogens is 1. The highest BCUT2D eigenvalue weighted by Gasteiger charge is 2.09. The van der Waals surface area contributed by atoms with E-state index in [2.05, 4.69) is 10.3 Å². The van der Waals surface area contributed by atoms with Gasteiger partial charge >= 0.3 is 0 Å². The standard InChI is InChI=1S/C13H16ClN3S/c1-9-12(18-8-16-9)7-15-11-6-4-5-10(14)13(11)17(2)3/h4-6,8,15H,7H2,1-3H3. The molecule has 1 N–H and O–H groups in total. The van der Waals surface area contributed by atoms with Gasteiger partial charge in [0.05, 0.1) is 34.1 Å². The van der Waals surface area contributed by atoms with Crippen LogP contribution in [0.4, 0.5) is 11.4 Å². The molecule has 0 spiro atoms. The van der Waals surface area contributed by atoms with E-state index < -0.39 is 0 Å². The van der Waals surface area contributed by atoms with E-state index in [4.69, 9.17) is 11.6 Å². The maximum absolute atomic E-state index is 6.22. The maximum atomic E-state index is 6.22. The minimum atomic E-state index is 0.756. The number of nitrogens with zero attached hydrogens (tertiary/aromatic N) is 2. The molecule has 18 heavy (non-hydrogen) atoms. The SMILES string of the molecule is Cc1ncsc1CNc1cccc(Cl)c1N(C)C. The summed E-state index contributed by atoms with van der Waals surface area (Å²) in [5, 5.41) is 4.18. The summed E-state index contributed by atoms with van der Waals surface area (Å²) in [5.74, 6) is 0. The van der Waals surface area contributed by atoms with Crippen molar-refractivity contribution in [2.24, 2.45) is 0 Å². The van der Waals surface area contributed by atoms with Crippen molar-refractivity contribution in [3.63, 3.8) is 0 Å². The van der Waals surface area contributed by atoms with E-state index in [0.29, 0.717) is 0 Å². The Morgan fingerprint density at radius 3 is 2.78 bits per heavy atom. The average Bonchev–Trinajstić information content (AvgIpc) is 2.71.